The summed E-state index contributed by atoms with van der Waals surface area (Å²) in [5, 5.41) is 9.09. The molecule has 4 nitrogen and oxygen atoms in total. The van der Waals surface area contributed by atoms with E-state index in [0.29, 0.717) is 0 Å². The van der Waals surface area contributed by atoms with Crippen LogP contribution >= 0.6 is 0 Å². The Balaban J connectivity index is 3.28. The standard InChI is InChI=1S/C8H8FNO3/c1-13-8(12)5-2-4(10)3-6(9)7(5)11/h2-3,11H,10H2,1H3. The van der Waals surface area contributed by atoms with Gasteiger partial charge in [-0.1, -0.05) is 0 Å². The lowest BCUT2D eigenvalue weighted by Gasteiger charge is -2.04. The summed E-state index contributed by atoms with van der Waals surface area (Å²) >= 11 is 0. The predicted octanol–water partition coefficient (Wildman–Crippen LogP) is 0.900. The number of methoxy groups -OCH3 is 1. The molecule has 0 aliphatic heterocycles. The van der Waals surface area contributed by atoms with Gasteiger partial charge in [-0.2, -0.15) is 0 Å². The fourth-order valence-electron chi connectivity index (χ4n) is 0.886. The number of carbonyl (C=O) groups is 1. The first-order chi connectivity index (χ1) is 6.06. The molecule has 0 heterocycles. The summed E-state index contributed by atoms with van der Waals surface area (Å²) < 4.78 is 17.1. The number of halogens is 1. The van der Waals surface area contributed by atoms with Crippen LogP contribution in [0, 0.1) is 5.82 Å². The van der Waals surface area contributed by atoms with Gasteiger partial charge >= 0.3 is 5.97 Å². The third-order valence-electron chi connectivity index (χ3n) is 1.49. The maximum Gasteiger partial charge on any atom is 0.341 e. The van der Waals surface area contributed by atoms with Crippen molar-refractivity contribution in [3.8, 4) is 5.75 Å². The van der Waals surface area contributed by atoms with Crippen LogP contribution in [0.2, 0.25) is 0 Å². The van der Waals surface area contributed by atoms with Gasteiger partial charge in [-0.15, -0.1) is 0 Å². The number of aromatic hydroxyl groups is 1. The van der Waals surface area contributed by atoms with Crippen LogP contribution < -0.4 is 5.73 Å². The molecule has 0 fully saturated rings. The molecule has 0 aliphatic carbocycles. The van der Waals surface area contributed by atoms with Crippen LogP contribution in [0.3, 0.4) is 0 Å². The molecular formula is C8H8FNO3. The minimum absolute atomic E-state index is 0.0516. The Hall–Kier alpha value is -1.78. The van der Waals surface area contributed by atoms with Gasteiger partial charge in [0.1, 0.15) is 5.56 Å². The number of rotatable bonds is 1. The zero-order valence-electron chi connectivity index (χ0n) is 6.87. The van der Waals surface area contributed by atoms with Crippen molar-refractivity contribution in [3.63, 3.8) is 0 Å². The average molecular weight is 185 g/mol. The van der Waals surface area contributed by atoms with Crippen LogP contribution in [0.1, 0.15) is 10.4 Å². The summed E-state index contributed by atoms with van der Waals surface area (Å²) in [7, 11) is 1.13. The zero-order chi connectivity index (χ0) is 10.0. The maximum absolute atomic E-state index is 12.8. The van der Waals surface area contributed by atoms with Crippen LogP contribution in [0.15, 0.2) is 12.1 Å². The highest BCUT2D eigenvalue weighted by molar-refractivity contribution is 5.93. The van der Waals surface area contributed by atoms with Gasteiger partial charge in [0, 0.05) is 11.8 Å². The fraction of sp³-hybridized carbons (Fsp3) is 0.125. The summed E-state index contributed by atoms with van der Waals surface area (Å²) in [6.07, 6.45) is 0. The lowest BCUT2D eigenvalue weighted by Crippen LogP contribution is -2.03. The van der Waals surface area contributed by atoms with Crippen molar-refractivity contribution in [1.82, 2.24) is 0 Å². The molecule has 1 aromatic carbocycles. The number of phenolic OH excluding ortho intramolecular Hbond substituents is 1. The highest BCUT2D eigenvalue weighted by Gasteiger charge is 2.15. The average Bonchev–Trinajstić information content (AvgIpc) is 2.10. The Morgan fingerprint density at radius 2 is 2.23 bits per heavy atom. The van der Waals surface area contributed by atoms with Gasteiger partial charge in [-0.05, 0) is 6.07 Å². The minimum Gasteiger partial charge on any atom is -0.504 e. The second-order valence-electron chi connectivity index (χ2n) is 2.39. The molecule has 5 heteroatoms. The first-order valence-corrected chi connectivity index (χ1v) is 3.42. The third-order valence-corrected chi connectivity index (χ3v) is 1.49. The number of nitrogen functional groups attached to an aromatic ring is 1. The van der Waals surface area contributed by atoms with Gasteiger partial charge in [0.2, 0.25) is 0 Å². The number of hydrogen-bond acceptors (Lipinski definition) is 4. The Bertz CT molecular complexity index is 351. The molecule has 0 unspecified atom stereocenters. The summed E-state index contributed by atoms with van der Waals surface area (Å²) in [4.78, 5) is 10.9. The lowest BCUT2D eigenvalue weighted by molar-refractivity contribution is 0.0596. The van der Waals surface area contributed by atoms with Crippen molar-refractivity contribution in [2.24, 2.45) is 0 Å². The molecule has 13 heavy (non-hydrogen) atoms. The molecule has 0 saturated heterocycles. The van der Waals surface area contributed by atoms with Gasteiger partial charge < -0.3 is 15.6 Å². The molecular weight excluding hydrogens is 177 g/mol. The first-order valence-electron chi connectivity index (χ1n) is 3.42. The Morgan fingerprint density at radius 1 is 1.62 bits per heavy atom. The number of hydrogen-bond donors (Lipinski definition) is 2. The van der Waals surface area contributed by atoms with Gasteiger partial charge in [-0.3, -0.25) is 0 Å². The second kappa shape index (κ2) is 3.30. The predicted molar refractivity (Wildman–Crippen MR) is 43.8 cm³/mol. The Morgan fingerprint density at radius 3 is 2.77 bits per heavy atom. The van der Waals surface area contributed by atoms with E-state index in [1.165, 1.54) is 0 Å². The van der Waals surface area contributed by atoms with Gasteiger partial charge in [0.05, 0.1) is 7.11 Å². The topological polar surface area (TPSA) is 72.5 Å². The molecule has 0 saturated carbocycles. The fourth-order valence-corrected chi connectivity index (χ4v) is 0.886. The van der Waals surface area contributed by atoms with Crippen molar-refractivity contribution in [2.75, 3.05) is 12.8 Å². The molecule has 1 aromatic rings. The van der Waals surface area contributed by atoms with E-state index in [4.69, 9.17) is 10.8 Å². The van der Waals surface area contributed by atoms with E-state index < -0.39 is 17.5 Å². The molecule has 0 aromatic heterocycles. The van der Waals surface area contributed by atoms with Crippen LogP contribution in [0.4, 0.5) is 10.1 Å². The minimum atomic E-state index is -0.944. The van der Waals surface area contributed by atoms with Crippen molar-refractivity contribution in [2.45, 2.75) is 0 Å². The van der Waals surface area contributed by atoms with E-state index in [1.54, 1.807) is 0 Å². The summed E-state index contributed by atoms with van der Waals surface area (Å²) in [5.74, 6) is -2.52. The van der Waals surface area contributed by atoms with Gasteiger partial charge in [0.15, 0.2) is 11.6 Å². The highest BCUT2D eigenvalue weighted by atomic mass is 19.1. The summed E-state index contributed by atoms with van der Waals surface area (Å²) in [6, 6.07) is 2.06. The quantitative estimate of drug-likeness (QED) is 0.387. The summed E-state index contributed by atoms with van der Waals surface area (Å²) in [5.41, 5.74) is 5.04. The van der Waals surface area contributed by atoms with E-state index in [-0.39, 0.29) is 11.3 Å². The molecule has 0 bridgehead atoms. The van der Waals surface area contributed by atoms with Gasteiger partial charge in [-0.25, -0.2) is 9.18 Å². The molecule has 0 spiro atoms. The third kappa shape index (κ3) is 1.69. The molecule has 1 rings (SSSR count). The van der Waals surface area contributed by atoms with E-state index in [1.807, 2.05) is 0 Å². The largest absolute Gasteiger partial charge is 0.504 e. The Labute approximate surface area is 73.7 Å². The van der Waals surface area contributed by atoms with Crippen molar-refractivity contribution < 1.29 is 19.0 Å². The number of phenols is 1. The van der Waals surface area contributed by atoms with E-state index >= 15 is 0 Å². The molecule has 0 aliphatic rings. The number of esters is 1. The van der Waals surface area contributed by atoms with E-state index in [0.717, 1.165) is 19.2 Å². The highest BCUT2D eigenvalue weighted by Crippen LogP contribution is 2.24. The SMILES string of the molecule is COC(=O)c1cc(N)cc(F)c1O. The number of nitrogens with two attached hydrogens (primary N) is 1. The van der Waals surface area contributed by atoms with Crippen molar-refractivity contribution in [1.29, 1.82) is 0 Å². The Kier molecular flexibility index (Phi) is 2.36. The monoisotopic (exact) mass is 185 g/mol. The lowest BCUT2D eigenvalue weighted by atomic mass is 10.1. The van der Waals surface area contributed by atoms with E-state index in [9.17, 15) is 9.18 Å². The number of ether oxygens (including phenoxy) is 1. The first kappa shape index (κ1) is 9.31. The molecule has 3 N–H and O–H groups in total. The number of carbonyl (C=O) groups excluding carboxylic acids is 1. The summed E-state index contributed by atoms with van der Waals surface area (Å²) in [6.45, 7) is 0. The maximum atomic E-state index is 12.8. The van der Waals surface area contributed by atoms with Crippen LogP contribution in [0.5, 0.6) is 5.75 Å². The van der Waals surface area contributed by atoms with E-state index in [2.05, 4.69) is 4.74 Å². The van der Waals surface area contributed by atoms with Crippen LogP contribution in [0.25, 0.3) is 0 Å². The second-order valence-corrected chi connectivity index (χ2v) is 2.39. The molecule has 0 amide bonds. The molecule has 0 atom stereocenters. The molecule has 70 valence electrons. The van der Waals surface area contributed by atoms with Crippen LogP contribution in [-0.2, 0) is 4.74 Å². The van der Waals surface area contributed by atoms with Crippen molar-refractivity contribution >= 4 is 11.7 Å². The van der Waals surface area contributed by atoms with Crippen molar-refractivity contribution in [3.05, 3.63) is 23.5 Å². The smallest absolute Gasteiger partial charge is 0.341 e. The number of anilines is 1. The van der Waals surface area contributed by atoms with Gasteiger partial charge in [0.25, 0.3) is 0 Å². The van der Waals surface area contributed by atoms with Crippen LogP contribution in [-0.4, -0.2) is 18.2 Å². The normalized spacial score (nSPS) is 9.69. The molecule has 0 radical (unpaired) electrons. The zero-order valence-corrected chi connectivity index (χ0v) is 6.87. The number of benzene rings is 1.